The van der Waals surface area contributed by atoms with Crippen LogP contribution in [0.1, 0.15) is 30.7 Å². The van der Waals surface area contributed by atoms with Gasteiger partial charge in [-0.05, 0) is 50.2 Å². The number of likely N-dealkylation sites (tertiary alicyclic amines) is 1. The predicted molar refractivity (Wildman–Crippen MR) is 115 cm³/mol. The largest absolute Gasteiger partial charge is 0.325 e. The summed E-state index contributed by atoms with van der Waals surface area (Å²) in [4.78, 5) is 14.7. The number of carbonyl (C=O) groups excluding carboxylic acids is 1. The molecule has 0 aliphatic carbocycles. The SMILES string of the molecule is C=CCn1c(CCN2CCCCC2)nnc1SCC(=O)Nc1ccc(C#N)cc1. The third kappa shape index (κ3) is 6.17. The monoisotopic (exact) mass is 410 g/mol. The molecule has 1 aliphatic heterocycles. The Bertz CT molecular complexity index is 864. The molecule has 1 N–H and O–H groups in total. The molecule has 1 aliphatic rings. The number of aromatic nitrogens is 3. The third-order valence-electron chi connectivity index (χ3n) is 4.84. The van der Waals surface area contributed by atoms with Crippen LogP contribution in [0.4, 0.5) is 5.69 Å². The number of hydrogen-bond acceptors (Lipinski definition) is 6. The molecule has 2 heterocycles. The molecule has 0 bridgehead atoms. The van der Waals surface area contributed by atoms with E-state index < -0.39 is 0 Å². The van der Waals surface area contributed by atoms with Crippen molar-refractivity contribution in [3.8, 4) is 6.07 Å². The number of piperidine rings is 1. The number of amides is 1. The lowest BCUT2D eigenvalue weighted by atomic mass is 10.1. The highest BCUT2D eigenvalue weighted by molar-refractivity contribution is 7.99. The van der Waals surface area contributed by atoms with Crippen LogP contribution >= 0.6 is 11.8 Å². The van der Waals surface area contributed by atoms with Crippen molar-refractivity contribution in [2.75, 3.05) is 30.7 Å². The fourth-order valence-electron chi connectivity index (χ4n) is 3.32. The van der Waals surface area contributed by atoms with E-state index in [1.54, 1.807) is 24.3 Å². The lowest BCUT2D eigenvalue weighted by molar-refractivity contribution is -0.113. The van der Waals surface area contributed by atoms with Gasteiger partial charge in [-0.3, -0.25) is 4.79 Å². The number of carbonyl (C=O) groups is 1. The van der Waals surface area contributed by atoms with Gasteiger partial charge in [-0.1, -0.05) is 24.3 Å². The highest BCUT2D eigenvalue weighted by atomic mass is 32.2. The van der Waals surface area contributed by atoms with Crippen molar-refractivity contribution < 1.29 is 4.79 Å². The summed E-state index contributed by atoms with van der Waals surface area (Å²) in [6.07, 6.45) is 6.55. The van der Waals surface area contributed by atoms with Gasteiger partial charge >= 0.3 is 0 Å². The second-order valence-electron chi connectivity index (χ2n) is 6.98. The maximum absolute atomic E-state index is 12.3. The number of thioether (sulfide) groups is 1. The second kappa shape index (κ2) is 10.8. The van der Waals surface area contributed by atoms with E-state index >= 15 is 0 Å². The first-order valence-corrected chi connectivity index (χ1v) is 10.9. The minimum Gasteiger partial charge on any atom is -0.325 e. The first-order chi connectivity index (χ1) is 14.2. The maximum atomic E-state index is 12.3. The van der Waals surface area contributed by atoms with Crippen LogP contribution in [-0.4, -0.2) is 51.0 Å². The molecule has 0 saturated carbocycles. The maximum Gasteiger partial charge on any atom is 0.234 e. The molecule has 0 unspecified atom stereocenters. The van der Waals surface area contributed by atoms with Gasteiger partial charge in [-0.25, -0.2) is 0 Å². The van der Waals surface area contributed by atoms with Crippen LogP contribution in [0.2, 0.25) is 0 Å². The molecule has 0 spiro atoms. The lowest BCUT2D eigenvalue weighted by Crippen LogP contribution is -2.32. The minimum atomic E-state index is -0.122. The van der Waals surface area contributed by atoms with Crippen molar-refractivity contribution in [3.63, 3.8) is 0 Å². The summed E-state index contributed by atoms with van der Waals surface area (Å²) in [5.74, 6) is 1.05. The van der Waals surface area contributed by atoms with Crippen molar-refractivity contribution in [2.45, 2.75) is 37.4 Å². The van der Waals surface area contributed by atoms with Gasteiger partial charge in [-0.15, -0.1) is 16.8 Å². The van der Waals surface area contributed by atoms with E-state index in [-0.39, 0.29) is 11.7 Å². The Morgan fingerprint density at radius 1 is 1.24 bits per heavy atom. The van der Waals surface area contributed by atoms with Gasteiger partial charge in [0, 0.05) is 25.2 Å². The average Bonchev–Trinajstić information content (AvgIpc) is 3.14. The normalized spacial score (nSPS) is 14.3. The van der Waals surface area contributed by atoms with Crippen molar-refractivity contribution in [2.24, 2.45) is 0 Å². The molecule has 152 valence electrons. The summed E-state index contributed by atoms with van der Waals surface area (Å²) in [7, 11) is 0. The molecule has 0 radical (unpaired) electrons. The standard InChI is InChI=1S/C21H26N6OS/c1-2-11-27-19(10-14-26-12-4-3-5-13-26)24-25-21(27)29-16-20(28)23-18-8-6-17(15-22)7-9-18/h2,6-9H,1,3-5,10-14,16H2,(H,23,28). The Labute approximate surface area is 175 Å². The Balaban J connectivity index is 1.54. The van der Waals surface area contributed by atoms with E-state index in [1.807, 2.05) is 10.6 Å². The average molecular weight is 411 g/mol. The van der Waals surface area contributed by atoms with Crippen LogP contribution in [0, 0.1) is 11.3 Å². The molecular formula is C21H26N6OS. The fourth-order valence-corrected chi connectivity index (χ4v) is 4.09. The minimum absolute atomic E-state index is 0.122. The van der Waals surface area contributed by atoms with Crippen LogP contribution in [0.25, 0.3) is 0 Å². The van der Waals surface area contributed by atoms with Gasteiger partial charge in [0.15, 0.2) is 5.16 Å². The number of benzene rings is 1. The molecule has 8 heteroatoms. The first kappa shape index (κ1) is 21.1. The van der Waals surface area contributed by atoms with E-state index in [9.17, 15) is 4.79 Å². The Morgan fingerprint density at radius 3 is 2.69 bits per heavy atom. The Morgan fingerprint density at radius 2 is 2.00 bits per heavy atom. The van der Waals surface area contributed by atoms with Gasteiger partial charge in [-0.2, -0.15) is 5.26 Å². The summed E-state index contributed by atoms with van der Waals surface area (Å²) in [6.45, 7) is 7.77. The number of nitriles is 1. The number of nitrogens with one attached hydrogen (secondary N) is 1. The fraction of sp³-hybridized carbons (Fsp3) is 0.429. The molecular weight excluding hydrogens is 384 g/mol. The van der Waals surface area contributed by atoms with E-state index in [0.717, 1.165) is 37.0 Å². The number of rotatable bonds is 9. The number of nitrogens with zero attached hydrogens (tertiary/aromatic N) is 5. The quantitative estimate of drug-likeness (QED) is 0.505. The van der Waals surface area contributed by atoms with Crippen LogP contribution in [0.3, 0.4) is 0 Å². The Kier molecular flexibility index (Phi) is 7.85. The molecule has 1 saturated heterocycles. The van der Waals surface area contributed by atoms with Crippen molar-refractivity contribution in [1.29, 1.82) is 5.26 Å². The van der Waals surface area contributed by atoms with Crippen molar-refractivity contribution >= 4 is 23.4 Å². The zero-order valence-electron chi connectivity index (χ0n) is 16.5. The summed E-state index contributed by atoms with van der Waals surface area (Å²) < 4.78 is 2.04. The van der Waals surface area contributed by atoms with Gasteiger partial charge in [0.25, 0.3) is 0 Å². The molecule has 7 nitrogen and oxygen atoms in total. The number of hydrogen-bond donors (Lipinski definition) is 1. The summed E-state index contributed by atoms with van der Waals surface area (Å²) in [5.41, 5.74) is 1.23. The van der Waals surface area contributed by atoms with Crippen LogP contribution in [-0.2, 0) is 17.8 Å². The molecule has 29 heavy (non-hydrogen) atoms. The van der Waals surface area contributed by atoms with Gasteiger partial charge in [0.2, 0.25) is 5.91 Å². The van der Waals surface area contributed by atoms with Gasteiger partial charge < -0.3 is 14.8 Å². The molecule has 3 rings (SSSR count). The number of allylic oxidation sites excluding steroid dienone is 1. The molecule has 1 aromatic heterocycles. The van der Waals surface area contributed by atoms with Crippen molar-refractivity contribution in [3.05, 3.63) is 48.3 Å². The van der Waals surface area contributed by atoms with Crippen LogP contribution in [0.15, 0.2) is 42.1 Å². The Hall–Kier alpha value is -2.63. The highest BCUT2D eigenvalue weighted by Crippen LogP contribution is 2.19. The molecule has 1 aromatic carbocycles. The van der Waals surface area contributed by atoms with Crippen LogP contribution < -0.4 is 5.32 Å². The molecule has 1 fully saturated rings. The third-order valence-corrected chi connectivity index (χ3v) is 5.80. The summed E-state index contributed by atoms with van der Waals surface area (Å²) in [6, 6.07) is 8.86. The molecule has 0 atom stereocenters. The lowest BCUT2D eigenvalue weighted by Gasteiger charge is -2.26. The molecule has 2 aromatic rings. The second-order valence-corrected chi connectivity index (χ2v) is 7.92. The predicted octanol–water partition coefficient (Wildman–Crippen LogP) is 3.09. The van der Waals surface area contributed by atoms with Crippen molar-refractivity contribution in [1.82, 2.24) is 19.7 Å². The zero-order chi connectivity index (χ0) is 20.5. The zero-order valence-corrected chi connectivity index (χ0v) is 17.3. The van der Waals surface area contributed by atoms with E-state index in [1.165, 1.54) is 31.0 Å². The van der Waals surface area contributed by atoms with E-state index in [2.05, 4.69) is 33.1 Å². The van der Waals surface area contributed by atoms with E-state index in [0.29, 0.717) is 17.8 Å². The highest BCUT2D eigenvalue weighted by Gasteiger charge is 2.16. The topological polar surface area (TPSA) is 86.8 Å². The van der Waals surface area contributed by atoms with Gasteiger partial charge in [0.05, 0.1) is 17.4 Å². The summed E-state index contributed by atoms with van der Waals surface area (Å²) in [5, 5.41) is 21.1. The van der Waals surface area contributed by atoms with Crippen LogP contribution in [0.5, 0.6) is 0 Å². The molecule has 1 amide bonds. The first-order valence-electron chi connectivity index (χ1n) is 9.87. The number of anilines is 1. The smallest absolute Gasteiger partial charge is 0.234 e. The summed E-state index contributed by atoms with van der Waals surface area (Å²) >= 11 is 1.37. The van der Waals surface area contributed by atoms with E-state index in [4.69, 9.17) is 5.26 Å². The van der Waals surface area contributed by atoms with Gasteiger partial charge in [0.1, 0.15) is 5.82 Å².